The number of piperidine rings is 1. The molecular weight excluding hydrogens is 290 g/mol. The quantitative estimate of drug-likeness (QED) is 0.551. The lowest BCUT2D eigenvalue weighted by Crippen LogP contribution is -2.35. The van der Waals surface area contributed by atoms with Crippen molar-refractivity contribution in [2.75, 3.05) is 13.1 Å². The zero-order valence-corrected chi connectivity index (χ0v) is 14.1. The van der Waals surface area contributed by atoms with Gasteiger partial charge in [0.1, 0.15) is 0 Å². The van der Waals surface area contributed by atoms with Crippen LogP contribution in [-0.4, -0.2) is 42.1 Å². The van der Waals surface area contributed by atoms with Crippen LogP contribution in [0.4, 0.5) is 0 Å². The molecule has 1 aliphatic heterocycles. The lowest BCUT2D eigenvalue weighted by Gasteiger charge is -2.26. The molecule has 1 fully saturated rings. The molecule has 0 aliphatic carbocycles. The van der Waals surface area contributed by atoms with E-state index >= 15 is 0 Å². The Morgan fingerprint density at radius 2 is 1.76 bits per heavy atom. The molecule has 1 rings (SSSR count). The molecule has 0 radical (unpaired) electrons. The normalized spacial score (nSPS) is 18.0. The first-order valence-electron chi connectivity index (χ1n) is 8.04. The average molecular weight is 319 g/mol. The number of hydrogen-bond donors (Lipinski definition) is 1. The molecule has 0 aromatic heterocycles. The number of unbranched alkanes of at least 4 members (excludes halogenated alkanes) is 1. The Hall–Kier alpha value is -0.620. The highest BCUT2D eigenvalue weighted by Crippen LogP contribution is 2.19. The smallest absolute Gasteiger partial charge is 0.267 e. The van der Waals surface area contributed by atoms with Crippen LogP contribution in [0.25, 0.3) is 0 Å². The highest BCUT2D eigenvalue weighted by atomic mass is 32.2. The molecule has 0 spiro atoms. The predicted molar refractivity (Wildman–Crippen MR) is 83.7 cm³/mol. The maximum Gasteiger partial charge on any atom is 0.267 e. The van der Waals surface area contributed by atoms with Crippen LogP contribution in [0.15, 0.2) is 0 Å². The van der Waals surface area contributed by atoms with Crippen molar-refractivity contribution in [1.29, 1.82) is 0 Å². The van der Waals surface area contributed by atoms with Gasteiger partial charge in [-0.05, 0) is 44.4 Å². The predicted octanol–water partition coefficient (Wildman–Crippen LogP) is 2.86. The molecule has 1 aliphatic rings. The van der Waals surface area contributed by atoms with Gasteiger partial charge in [0.2, 0.25) is 5.91 Å². The molecule has 1 atom stereocenters. The number of nitrogens with zero attached hydrogens (tertiary/aromatic N) is 1. The van der Waals surface area contributed by atoms with E-state index in [1.807, 2.05) is 18.7 Å². The third-order valence-electron chi connectivity index (χ3n) is 4.03. The number of rotatable bonds is 8. The first-order chi connectivity index (χ1) is 9.80. The molecule has 1 N–H and O–H groups in total. The number of carbonyl (C=O) groups is 1. The van der Waals surface area contributed by atoms with Gasteiger partial charge in [0, 0.05) is 19.5 Å². The van der Waals surface area contributed by atoms with E-state index in [1.165, 1.54) is 6.42 Å². The zero-order valence-electron chi connectivity index (χ0n) is 13.3. The van der Waals surface area contributed by atoms with E-state index in [1.54, 1.807) is 0 Å². The minimum atomic E-state index is -3.98. The molecule has 1 saturated heterocycles. The van der Waals surface area contributed by atoms with Gasteiger partial charge in [-0.15, -0.1) is 0 Å². The summed E-state index contributed by atoms with van der Waals surface area (Å²) in [5.41, 5.74) is 0. The second kappa shape index (κ2) is 8.73. The molecule has 0 bridgehead atoms. The third-order valence-corrected chi connectivity index (χ3v) is 5.30. The van der Waals surface area contributed by atoms with Gasteiger partial charge in [-0.25, -0.2) is 0 Å². The second-order valence-electron chi connectivity index (χ2n) is 6.45. The van der Waals surface area contributed by atoms with E-state index in [4.69, 9.17) is 0 Å². The minimum Gasteiger partial charge on any atom is -0.343 e. The standard InChI is InChI=1S/C15H29NO4S/c1-13(2)12-14(21(18,19)20)8-4-5-9-15(17)16-10-6-3-7-11-16/h13-14H,3-12H2,1-2H3,(H,18,19,20). The molecule has 1 heterocycles. The maximum absolute atomic E-state index is 12.0. The van der Waals surface area contributed by atoms with Crippen molar-refractivity contribution in [2.24, 2.45) is 5.92 Å². The van der Waals surface area contributed by atoms with Gasteiger partial charge in [-0.3, -0.25) is 9.35 Å². The summed E-state index contributed by atoms with van der Waals surface area (Å²) >= 11 is 0. The molecule has 0 saturated carbocycles. The van der Waals surface area contributed by atoms with E-state index in [-0.39, 0.29) is 11.8 Å². The lowest BCUT2D eigenvalue weighted by atomic mass is 10.0. The van der Waals surface area contributed by atoms with Gasteiger partial charge in [0.15, 0.2) is 0 Å². The van der Waals surface area contributed by atoms with Crippen molar-refractivity contribution in [1.82, 2.24) is 4.90 Å². The summed E-state index contributed by atoms with van der Waals surface area (Å²) in [5, 5.41) is -0.692. The van der Waals surface area contributed by atoms with Gasteiger partial charge in [0.05, 0.1) is 5.25 Å². The molecule has 21 heavy (non-hydrogen) atoms. The molecule has 6 heteroatoms. The van der Waals surface area contributed by atoms with Crippen LogP contribution in [-0.2, 0) is 14.9 Å². The van der Waals surface area contributed by atoms with E-state index < -0.39 is 15.4 Å². The maximum atomic E-state index is 12.0. The lowest BCUT2D eigenvalue weighted by molar-refractivity contribution is -0.132. The first-order valence-corrected chi connectivity index (χ1v) is 9.55. The topological polar surface area (TPSA) is 74.7 Å². The zero-order chi connectivity index (χ0) is 15.9. The van der Waals surface area contributed by atoms with Gasteiger partial charge in [-0.1, -0.05) is 20.3 Å². The Balaban J connectivity index is 2.29. The summed E-state index contributed by atoms with van der Waals surface area (Å²) in [6.07, 6.45) is 6.13. The Labute approximate surface area is 128 Å². The molecular formula is C15H29NO4S. The Kier molecular flexibility index (Phi) is 7.66. The Morgan fingerprint density at radius 3 is 2.29 bits per heavy atom. The van der Waals surface area contributed by atoms with E-state index in [2.05, 4.69) is 0 Å². The van der Waals surface area contributed by atoms with Crippen molar-refractivity contribution in [3.63, 3.8) is 0 Å². The largest absolute Gasteiger partial charge is 0.343 e. The number of hydrogen-bond acceptors (Lipinski definition) is 3. The molecule has 124 valence electrons. The van der Waals surface area contributed by atoms with Crippen molar-refractivity contribution < 1.29 is 17.8 Å². The monoisotopic (exact) mass is 319 g/mol. The first kappa shape index (κ1) is 18.4. The second-order valence-corrected chi connectivity index (χ2v) is 8.15. The van der Waals surface area contributed by atoms with Crippen molar-refractivity contribution in [3.8, 4) is 0 Å². The van der Waals surface area contributed by atoms with Crippen molar-refractivity contribution >= 4 is 16.0 Å². The summed E-state index contributed by atoms with van der Waals surface area (Å²) in [4.78, 5) is 13.9. The van der Waals surface area contributed by atoms with Gasteiger partial charge in [0.25, 0.3) is 10.1 Å². The summed E-state index contributed by atoms with van der Waals surface area (Å²) in [7, 11) is -3.98. The molecule has 1 unspecified atom stereocenters. The minimum absolute atomic E-state index is 0.182. The Bertz CT molecular complexity index is 413. The van der Waals surface area contributed by atoms with Crippen molar-refractivity contribution in [3.05, 3.63) is 0 Å². The highest BCUT2D eigenvalue weighted by Gasteiger charge is 2.24. The molecule has 5 nitrogen and oxygen atoms in total. The van der Waals surface area contributed by atoms with E-state index in [0.29, 0.717) is 32.1 Å². The molecule has 0 aromatic rings. The fourth-order valence-electron chi connectivity index (χ4n) is 2.86. The van der Waals surface area contributed by atoms with Crippen LogP contribution < -0.4 is 0 Å². The molecule has 1 amide bonds. The summed E-state index contributed by atoms with van der Waals surface area (Å²) < 4.78 is 31.9. The van der Waals surface area contributed by atoms with Crippen LogP contribution in [0.3, 0.4) is 0 Å². The average Bonchev–Trinajstić information content (AvgIpc) is 2.41. The summed E-state index contributed by atoms with van der Waals surface area (Å²) in [6, 6.07) is 0. The molecule has 0 aromatic carbocycles. The van der Waals surface area contributed by atoms with Crippen LogP contribution in [0, 0.1) is 5.92 Å². The fourth-order valence-corrected chi connectivity index (χ4v) is 3.96. The summed E-state index contributed by atoms with van der Waals surface area (Å²) in [6.45, 7) is 5.61. The highest BCUT2D eigenvalue weighted by molar-refractivity contribution is 7.86. The van der Waals surface area contributed by atoms with Crippen LogP contribution >= 0.6 is 0 Å². The fraction of sp³-hybridized carbons (Fsp3) is 0.933. The van der Waals surface area contributed by atoms with Gasteiger partial charge >= 0.3 is 0 Å². The SMILES string of the molecule is CC(C)CC(CCCCC(=O)N1CCCCC1)S(=O)(=O)O. The van der Waals surface area contributed by atoms with Crippen molar-refractivity contribution in [2.45, 2.75) is 70.5 Å². The number of carbonyl (C=O) groups excluding carboxylic acids is 1. The summed E-state index contributed by atoms with van der Waals surface area (Å²) in [5.74, 6) is 0.411. The van der Waals surface area contributed by atoms with E-state index in [9.17, 15) is 17.8 Å². The Morgan fingerprint density at radius 1 is 1.14 bits per heavy atom. The van der Waals surface area contributed by atoms with Crippen LogP contribution in [0.2, 0.25) is 0 Å². The number of likely N-dealkylation sites (tertiary alicyclic amines) is 1. The van der Waals surface area contributed by atoms with E-state index in [0.717, 1.165) is 25.9 Å². The van der Waals surface area contributed by atoms with Gasteiger partial charge < -0.3 is 4.90 Å². The van der Waals surface area contributed by atoms with Gasteiger partial charge in [-0.2, -0.15) is 8.42 Å². The van der Waals surface area contributed by atoms with Crippen LogP contribution in [0.5, 0.6) is 0 Å². The van der Waals surface area contributed by atoms with Crippen LogP contribution in [0.1, 0.15) is 65.2 Å². The third kappa shape index (κ3) is 7.27. The number of amides is 1.